The number of fused-ring (bicyclic) bond motifs is 5. The average molecular weight is 350 g/mol. The van der Waals surface area contributed by atoms with Crippen LogP contribution in [-0.4, -0.2) is 23.0 Å². The predicted octanol–water partition coefficient (Wildman–Crippen LogP) is 5.02. The molecule has 1 aliphatic heterocycles. The van der Waals surface area contributed by atoms with Gasteiger partial charge in [-0.05, 0) is 85.7 Å². The summed E-state index contributed by atoms with van der Waals surface area (Å²) in [6.07, 6.45) is 11.5. The molecule has 3 saturated carbocycles. The quantitative estimate of drug-likeness (QED) is 0.775. The van der Waals surface area contributed by atoms with Gasteiger partial charge in [0.2, 0.25) is 5.91 Å². The first-order valence-electron chi connectivity index (χ1n) is 10.4. The zero-order valence-corrected chi connectivity index (χ0v) is 16.6. The summed E-state index contributed by atoms with van der Waals surface area (Å²) in [5.41, 5.74) is 0.953. The van der Waals surface area contributed by atoms with E-state index in [1.165, 1.54) is 50.7 Å². The number of amides is 1. The topological polar surface area (TPSA) is 29.1 Å². The molecule has 24 heavy (non-hydrogen) atoms. The standard InChI is InChI=1S/C21H35NOS/c1-4-13-24-18-8-6-15-14-5-7-17-20(2,12-10-19(23)22-17)16(14)9-11-21(15,18)3/h14-18H,4-13H2,1-3H3,(H,22,23)/t14-,15-,16+,17?,18?,20+,21-/m0/s1. The van der Waals surface area contributed by atoms with Crippen LogP contribution in [0.25, 0.3) is 0 Å². The maximum Gasteiger partial charge on any atom is 0.220 e. The molecule has 3 aliphatic carbocycles. The molecule has 0 aromatic carbocycles. The third kappa shape index (κ3) is 2.47. The Morgan fingerprint density at radius 1 is 1.04 bits per heavy atom. The Morgan fingerprint density at radius 2 is 1.83 bits per heavy atom. The number of carbonyl (C=O) groups excluding carboxylic acids is 1. The summed E-state index contributed by atoms with van der Waals surface area (Å²) in [6.45, 7) is 7.46. The molecule has 2 unspecified atom stereocenters. The Bertz CT molecular complexity index is 508. The molecule has 0 aromatic heterocycles. The highest BCUT2D eigenvalue weighted by Crippen LogP contribution is 2.65. The molecule has 0 bridgehead atoms. The van der Waals surface area contributed by atoms with Crippen LogP contribution in [0.15, 0.2) is 0 Å². The van der Waals surface area contributed by atoms with E-state index in [9.17, 15) is 4.79 Å². The van der Waals surface area contributed by atoms with Gasteiger partial charge in [-0.3, -0.25) is 4.79 Å². The monoisotopic (exact) mass is 349 g/mol. The summed E-state index contributed by atoms with van der Waals surface area (Å²) in [7, 11) is 0. The fraction of sp³-hybridized carbons (Fsp3) is 0.952. The highest BCUT2D eigenvalue weighted by molar-refractivity contribution is 7.99. The van der Waals surface area contributed by atoms with E-state index in [4.69, 9.17) is 0 Å². The van der Waals surface area contributed by atoms with Gasteiger partial charge < -0.3 is 5.32 Å². The maximum atomic E-state index is 11.9. The minimum atomic E-state index is 0.300. The lowest BCUT2D eigenvalue weighted by molar-refractivity contribution is -0.135. The van der Waals surface area contributed by atoms with Crippen LogP contribution in [0.2, 0.25) is 0 Å². The highest BCUT2D eigenvalue weighted by atomic mass is 32.2. The van der Waals surface area contributed by atoms with Gasteiger partial charge in [0.25, 0.3) is 0 Å². The van der Waals surface area contributed by atoms with Crippen LogP contribution in [0.3, 0.4) is 0 Å². The van der Waals surface area contributed by atoms with Crippen LogP contribution in [0.4, 0.5) is 0 Å². The van der Waals surface area contributed by atoms with Gasteiger partial charge >= 0.3 is 0 Å². The molecule has 1 amide bonds. The number of piperidine rings is 1. The lowest BCUT2D eigenvalue weighted by Crippen LogP contribution is -2.61. The van der Waals surface area contributed by atoms with Gasteiger partial charge in [0.05, 0.1) is 0 Å². The van der Waals surface area contributed by atoms with Crippen molar-refractivity contribution < 1.29 is 4.79 Å². The molecular formula is C21H35NOS. The number of hydrogen-bond donors (Lipinski definition) is 1. The van der Waals surface area contributed by atoms with E-state index in [1.807, 2.05) is 0 Å². The zero-order valence-electron chi connectivity index (χ0n) is 15.8. The number of thioether (sulfide) groups is 1. The van der Waals surface area contributed by atoms with Gasteiger partial charge in [-0.25, -0.2) is 0 Å². The van der Waals surface area contributed by atoms with Gasteiger partial charge in [0.1, 0.15) is 0 Å². The first-order chi connectivity index (χ1) is 11.5. The maximum absolute atomic E-state index is 11.9. The Hall–Kier alpha value is -0.180. The molecule has 4 rings (SSSR count). The van der Waals surface area contributed by atoms with Gasteiger partial charge in [-0.2, -0.15) is 11.8 Å². The van der Waals surface area contributed by atoms with Crippen LogP contribution in [0.5, 0.6) is 0 Å². The molecule has 4 fully saturated rings. The van der Waals surface area contributed by atoms with E-state index < -0.39 is 0 Å². The normalized spacial score (nSPS) is 50.6. The molecule has 3 heteroatoms. The third-order valence-electron chi connectivity index (χ3n) is 8.53. The Morgan fingerprint density at radius 3 is 2.62 bits per heavy atom. The Labute approximate surface area is 152 Å². The lowest BCUT2D eigenvalue weighted by atomic mass is 9.48. The molecule has 1 saturated heterocycles. The number of hydrogen-bond acceptors (Lipinski definition) is 2. The van der Waals surface area contributed by atoms with Crippen molar-refractivity contribution in [2.45, 2.75) is 89.9 Å². The molecule has 0 aromatic rings. The minimum Gasteiger partial charge on any atom is -0.353 e. The van der Waals surface area contributed by atoms with Gasteiger partial charge in [-0.1, -0.05) is 20.8 Å². The van der Waals surface area contributed by atoms with Crippen molar-refractivity contribution in [3.8, 4) is 0 Å². The fourth-order valence-electron chi connectivity index (χ4n) is 7.19. The second kappa shape index (κ2) is 6.21. The number of rotatable bonds is 3. The lowest BCUT2D eigenvalue weighted by Gasteiger charge is -2.60. The molecule has 1 N–H and O–H groups in total. The zero-order chi connectivity index (χ0) is 16.9. The van der Waals surface area contributed by atoms with E-state index in [2.05, 4.69) is 37.8 Å². The van der Waals surface area contributed by atoms with Crippen LogP contribution in [0.1, 0.15) is 78.6 Å². The van der Waals surface area contributed by atoms with Crippen molar-refractivity contribution >= 4 is 17.7 Å². The van der Waals surface area contributed by atoms with Crippen molar-refractivity contribution in [2.24, 2.45) is 28.6 Å². The minimum absolute atomic E-state index is 0.300. The Balaban J connectivity index is 1.55. The van der Waals surface area contributed by atoms with Crippen molar-refractivity contribution in [3.05, 3.63) is 0 Å². The number of carbonyl (C=O) groups is 1. The summed E-state index contributed by atoms with van der Waals surface area (Å²) in [5.74, 6) is 4.36. The average Bonchev–Trinajstić information content (AvgIpc) is 2.90. The van der Waals surface area contributed by atoms with Crippen LogP contribution in [-0.2, 0) is 4.79 Å². The second-order valence-electron chi connectivity index (χ2n) is 9.56. The van der Waals surface area contributed by atoms with Gasteiger partial charge in [0.15, 0.2) is 0 Å². The number of nitrogens with one attached hydrogen (secondary N) is 1. The first-order valence-corrected chi connectivity index (χ1v) is 11.4. The molecule has 136 valence electrons. The van der Waals surface area contributed by atoms with Crippen LogP contribution >= 0.6 is 11.8 Å². The molecular weight excluding hydrogens is 314 g/mol. The molecule has 0 spiro atoms. The van der Waals surface area contributed by atoms with Crippen molar-refractivity contribution in [2.75, 3.05) is 5.75 Å². The van der Waals surface area contributed by atoms with Crippen LogP contribution in [0, 0.1) is 28.6 Å². The predicted molar refractivity (Wildman–Crippen MR) is 102 cm³/mol. The van der Waals surface area contributed by atoms with Gasteiger partial charge in [-0.15, -0.1) is 0 Å². The van der Waals surface area contributed by atoms with E-state index in [-0.39, 0.29) is 0 Å². The van der Waals surface area contributed by atoms with Crippen molar-refractivity contribution in [1.29, 1.82) is 0 Å². The summed E-state index contributed by atoms with van der Waals surface area (Å²) in [4.78, 5) is 11.9. The fourth-order valence-corrected chi connectivity index (χ4v) is 8.68. The van der Waals surface area contributed by atoms with E-state index in [0.717, 1.165) is 35.8 Å². The largest absolute Gasteiger partial charge is 0.353 e. The smallest absolute Gasteiger partial charge is 0.220 e. The molecule has 4 aliphatic rings. The van der Waals surface area contributed by atoms with Crippen molar-refractivity contribution in [1.82, 2.24) is 5.32 Å². The summed E-state index contributed by atoms with van der Waals surface area (Å²) >= 11 is 2.27. The molecule has 1 heterocycles. The summed E-state index contributed by atoms with van der Waals surface area (Å²) in [6, 6.07) is 0.455. The van der Waals surface area contributed by atoms with Crippen LogP contribution < -0.4 is 5.32 Å². The molecule has 2 nitrogen and oxygen atoms in total. The van der Waals surface area contributed by atoms with E-state index in [0.29, 0.717) is 22.8 Å². The third-order valence-corrected chi connectivity index (χ3v) is 10.4. The van der Waals surface area contributed by atoms with Crippen molar-refractivity contribution in [3.63, 3.8) is 0 Å². The summed E-state index contributed by atoms with van der Waals surface area (Å²) in [5, 5.41) is 4.26. The van der Waals surface area contributed by atoms with E-state index in [1.54, 1.807) is 0 Å². The molecule has 7 atom stereocenters. The van der Waals surface area contributed by atoms with E-state index >= 15 is 0 Å². The Kier molecular flexibility index (Phi) is 4.46. The second-order valence-corrected chi connectivity index (χ2v) is 10.9. The van der Waals surface area contributed by atoms with Gasteiger partial charge in [0, 0.05) is 17.7 Å². The SMILES string of the molecule is CCCSC1CC[C@H]2[C@@H]3CCC4NC(=O)CC[C@]4(C)[C@@H]3CC[C@]12C. The summed E-state index contributed by atoms with van der Waals surface area (Å²) < 4.78 is 0. The molecule has 0 radical (unpaired) electrons. The highest BCUT2D eigenvalue weighted by Gasteiger charge is 2.60. The first kappa shape index (κ1) is 17.2.